The molecule has 2 atom stereocenters. The first-order valence-corrected chi connectivity index (χ1v) is 56.8. The van der Waals surface area contributed by atoms with Crippen LogP contribution in [0.3, 0.4) is 0 Å². The van der Waals surface area contributed by atoms with Crippen molar-refractivity contribution in [2.24, 2.45) is 29.6 Å². The van der Waals surface area contributed by atoms with E-state index in [1.165, 1.54) is 82.6 Å². The molecule has 0 bridgehead atoms. The van der Waals surface area contributed by atoms with Gasteiger partial charge in [0.2, 0.25) is 0 Å². The Morgan fingerprint density at radius 2 is 0.442 bits per heavy atom. The van der Waals surface area contributed by atoms with Crippen molar-refractivity contribution in [1.82, 2.24) is 0 Å². The molecule has 0 aromatic heterocycles. The predicted octanol–water partition coefficient (Wildman–Crippen LogP) is 35.1. The lowest BCUT2D eigenvalue weighted by Crippen LogP contribution is -2.35. The van der Waals surface area contributed by atoms with Gasteiger partial charge in [-0.2, -0.15) is 0 Å². The molecule has 9 aromatic rings. The van der Waals surface area contributed by atoms with E-state index >= 15 is 0 Å². The van der Waals surface area contributed by atoms with Crippen molar-refractivity contribution < 1.29 is 86.0 Å². The molecule has 0 spiro atoms. The highest BCUT2D eigenvalue weighted by molar-refractivity contribution is 5.39. The molecule has 18 heteroatoms. The van der Waals surface area contributed by atoms with Crippen LogP contribution in [0.25, 0.3) is 0 Å². The quantitative estimate of drug-likeness (QED) is 0.0366. The molecule has 0 heterocycles. The van der Waals surface area contributed by atoms with E-state index in [0.29, 0.717) is 75.5 Å². The monoisotopic (exact) mass is 2040 g/mol. The lowest BCUT2D eigenvalue weighted by atomic mass is 9.94. The first-order chi connectivity index (χ1) is 71.3. The van der Waals surface area contributed by atoms with Crippen LogP contribution in [-0.4, -0.2) is 126 Å². The lowest BCUT2D eigenvalue weighted by molar-refractivity contribution is -0.0203. The highest BCUT2D eigenvalue weighted by atomic mass is 16.5. The Bertz CT molecular complexity index is 4510. The summed E-state index contributed by atoms with van der Waals surface area (Å²) in [5, 5.41) is 20.7. The molecule has 0 aliphatic rings. The standard InChI is InChI=1S/C18H30O2.C17H28O3.C17H20O2.C17H28O2.C16H26O2.C15H24O3.C15H24O2.C14H22O2/c1-5-9-16(10-6-2)14-19-17-11-8-12-18(13-17)20-15(4)7-3;1-4-10-17(18,11-5-2)14-20-16-9-7-8-15(13-16)19-12-6-3;1-2-12-18-16-9-6-10-17(14-16)19-13-11-15-7-4-3-5-8-15;1-4-8-15(9-5-2)14-19-17-11-7-10-16(13-17)18-12-6-3;1-5-13(4)18-16-10-8-9-15(11-16)17-12-14(6-2)7-3;1-4-10-17-13-8-7-9-14(11-13)18-12-15(16,5-2)6-3;1-4-10-16-14-8-7-9-15(11-14)17-12-13(5-2)6-3;1-4-9-15-13-6-5-7-14(11-13)16-10-8-12(2)3/h8,11-13,15-16H,5-7,9-10,14H2,1-4H3;7-9,13,18H,4-6,10-12,14H2,1-3H3;3-10,14H,2,11-13H2,1H3;7,10-11,13,15H,4-6,8-9,12,14H2,1-3H3;8-11,13-14H,5-7,12H2,1-4H3;7-9,11,16H,4-6,10,12H2,1-3H3;7-9,11,13H,4-6,10,12H2,1-3H3;5-7,11-12H,4,8-10H2,1-3H3/t15-;;;;13-;;;/m1...1.../s1. The Morgan fingerprint density at radius 1 is 0.211 bits per heavy atom. The fourth-order valence-electron chi connectivity index (χ4n) is 14.7. The molecule has 0 amide bonds. The number of hydrogen-bond acceptors (Lipinski definition) is 18. The second-order valence-electron chi connectivity index (χ2n) is 38.4. The Morgan fingerprint density at radius 3 is 0.680 bits per heavy atom. The van der Waals surface area contributed by atoms with E-state index in [-0.39, 0.29) is 12.2 Å². The normalized spacial score (nSPS) is 11.2. The third-order valence-electron chi connectivity index (χ3n) is 24.4. The minimum atomic E-state index is -0.736. The molecule has 0 fully saturated rings. The van der Waals surface area contributed by atoms with Crippen LogP contribution >= 0.6 is 0 Å². The van der Waals surface area contributed by atoms with Gasteiger partial charge in [0.05, 0.1) is 103 Å². The smallest absolute Gasteiger partial charge is 0.123 e. The van der Waals surface area contributed by atoms with Crippen molar-refractivity contribution in [3.63, 3.8) is 0 Å². The van der Waals surface area contributed by atoms with Gasteiger partial charge in [-0.3, -0.25) is 0 Å². The summed E-state index contributed by atoms with van der Waals surface area (Å²) in [6.07, 6.45) is 30.0. The molecular weight excluding hydrogens is 1840 g/mol. The Hall–Kier alpha value is -10.3. The second-order valence-corrected chi connectivity index (χ2v) is 38.4. The van der Waals surface area contributed by atoms with Crippen molar-refractivity contribution in [3.05, 3.63) is 230 Å². The third-order valence-corrected chi connectivity index (χ3v) is 24.4. The lowest BCUT2D eigenvalue weighted by Gasteiger charge is -2.27. The summed E-state index contributed by atoms with van der Waals surface area (Å²) in [7, 11) is 0. The number of aliphatic hydroxyl groups is 2. The Labute approximate surface area is 894 Å². The van der Waals surface area contributed by atoms with Gasteiger partial charge < -0.3 is 86.0 Å². The van der Waals surface area contributed by atoms with Crippen LogP contribution in [0, 0.1) is 29.6 Å². The van der Waals surface area contributed by atoms with Gasteiger partial charge in [0.15, 0.2) is 0 Å². The summed E-state index contributed by atoms with van der Waals surface area (Å²) in [6, 6.07) is 73.1. The first-order valence-electron chi connectivity index (χ1n) is 56.8. The molecule has 826 valence electrons. The van der Waals surface area contributed by atoms with Crippen LogP contribution in [0.15, 0.2) is 224 Å². The second kappa shape index (κ2) is 86.5. The van der Waals surface area contributed by atoms with Gasteiger partial charge in [-0.05, 0) is 255 Å². The maximum Gasteiger partial charge on any atom is 0.123 e. The molecule has 0 unspecified atom stereocenters. The fourth-order valence-corrected chi connectivity index (χ4v) is 14.7. The minimum absolute atomic E-state index is 0.248. The van der Waals surface area contributed by atoms with Crippen molar-refractivity contribution >= 4 is 0 Å². The molecule has 0 radical (unpaired) electrons. The van der Waals surface area contributed by atoms with Crippen molar-refractivity contribution in [3.8, 4) is 92.0 Å². The highest BCUT2D eigenvalue weighted by Crippen LogP contribution is 2.32. The molecule has 18 nitrogen and oxygen atoms in total. The molecule has 147 heavy (non-hydrogen) atoms. The summed E-state index contributed by atoms with van der Waals surface area (Å²) in [5.74, 6) is 17.2. The van der Waals surface area contributed by atoms with Crippen LogP contribution < -0.4 is 75.8 Å². The van der Waals surface area contributed by atoms with Gasteiger partial charge in [-0.1, -0.05) is 295 Å². The van der Waals surface area contributed by atoms with E-state index in [4.69, 9.17) is 75.8 Å². The maximum absolute atomic E-state index is 10.5. The van der Waals surface area contributed by atoms with E-state index in [0.717, 1.165) is 241 Å². The number of benzene rings is 9. The van der Waals surface area contributed by atoms with Gasteiger partial charge in [-0.25, -0.2) is 0 Å². The number of rotatable bonds is 68. The molecule has 2 N–H and O–H groups in total. The van der Waals surface area contributed by atoms with Gasteiger partial charge in [0, 0.05) is 55.0 Å². The van der Waals surface area contributed by atoms with Crippen molar-refractivity contribution in [1.29, 1.82) is 0 Å². The van der Waals surface area contributed by atoms with E-state index in [2.05, 4.69) is 177 Å². The SMILES string of the molecule is CCC(CC)COc1cccc(O[C@H](C)CC)c1.CCCC(CCC)COc1cccc(O[C@H](C)CC)c1.CCCOc1cccc(OCC(CC)CC)c1.CCCOc1cccc(OCC(CCC)CCC)c1.CCCOc1cccc(OCC(O)(CC)CC)c1.CCCOc1cccc(OCC(O)(CCC)CCC)c1.CCCOc1cccc(OCCC(C)C)c1.CCCOc1cccc(OCCc2ccccc2)c1. The van der Waals surface area contributed by atoms with Gasteiger partial charge in [0.1, 0.15) is 105 Å². The van der Waals surface area contributed by atoms with Crippen molar-refractivity contribution in [2.75, 3.05) is 92.5 Å². The molecule has 0 aliphatic heterocycles. The van der Waals surface area contributed by atoms with Gasteiger partial charge in [0.25, 0.3) is 0 Å². The summed E-state index contributed by atoms with van der Waals surface area (Å²) in [4.78, 5) is 0. The zero-order chi connectivity index (χ0) is 108. The van der Waals surface area contributed by atoms with E-state index in [1.54, 1.807) is 0 Å². The van der Waals surface area contributed by atoms with Gasteiger partial charge in [-0.15, -0.1) is 0 Å². The summed E-state index contributed by atoms with van der Waals surface area (Å²) in [5.41, 5.74) is -0.162. The molecular formula is C129H202O18. The largest absolute Gasteiger partial charge is 0.493 e. The van der Waals surface area contributed by atoms with E-state index in [9.17, 15) is 10.2 Å². The minimum Gasteiger partial charge on any atom is -0.493 e. The zero-order valence-electron chi connectivity index (χ0n) is 96.0. The molecule has 9 rings (SSSR count). The zero-order valence-corrected chi connectivity index (χ0v) is 96.0. The topological polar surface area (TPSA) is 188 Å². The summed E-state index contributed by atoms with van der Waals surface area (Å²) >= 11 is 0. The van der Waals surface area contributed by atoms with Gasteiger partial charge >= 0.3 is 0 Å². The average molecular weight is 2040 g/mol. The molecule has 0 aliphatic carbocycles. The Balaban J connectivity index is 0.000000568. The highest BCUT2D eigenvalue weighted by Gasteiger charge is 2.27. The first kappa shape index (κ1) is 133. The van der Waals surface area contributed by atoms with E-state index in [1.807, 2.05) is 214 Å². The molecule has 0 saturated carbocycles. The maximum atomic E-state index is 10.5. The van der Waals surface area contributed by atoms with Crippen molar-refractivity contribution in [2.45, 2.75) is 369 Å². The van der Waals surface area contributed by atoms with Crippen LogP contribution in [0.5, 0.6) is 92.0 Å². The van der Waals surface area contributed by atoms with E-state index < -0.39 is 11.2 Å². The predicted molar refractivity (Wildman–Crippen MR) is 616 cm³/mol. The fraction of sp³-hybridized carbons (Fsp3) is 0.581. The number of ether oxygens (including phenoxy) is 16. The Kier molecular flexibility index (Phi) is 78.1. The third kappa shape index (κ3) is 66.0. The van der Waals surface area contributed by atoms with Crippen LogP contribution in [0.2, 0.25) is 0 Å². The van der Waals surface area contributed by atoms with Crippen LogP contribution in [-0.2, 0) is 6.42 Å². The summed E-state index contributed by atoms with van der Waals surface area (Å²) < 4.78 is 91.3. The van der Waals surface area contributed by atoms with Crippen LogP contribution in [0.1, 0.15) is 345 Å². The molecule has 0 saturated heterocycles. The number of hydrogen-bond donors (Lipinski definition) is 2. The molecule has 9 aromatic carbocycles. The average Bonchev–Trinajstić information content (AvgIpc) is 0.893. The van der Waals surface area contributed by atoms with Crippen LogP contribution in [0.4, 0.5) is 0 Å². The summed E-state index contributed by atoms with van der Waals surface area (Å²) in [6.45, 7) is 61.0.